The molecule has 3 aromatic carbocycles. The first-order valence-corrected chi connectivity index (χ1v) is 11.1. The third-order valence-electron chi connectivity index (χ3n) is 5.95. The van der Waals surface area contributed by atoms with Gasteiger partial charge in [-0.2, -0.15) is 0 Å². The minimum absolute atomic E-state index is 0.153. The smallest absolute Gasteiger partial charge is 0.126 e. The number of benzene rings is 3. The average molecular weight is 451 g/mol. The summed E-state index contributed by atoms with van der Waals surface area (Å²) in [5, 5.41) is 25.1. The van der Waals surface area contributed by atoms with Crippen molar-refractivity contribution in [3.8, 4) is 5.75 Å². The lowest BCUT2D eigenvalue weighted by Gasteiger charge is -2.26. The van der Waals surface area contributed by atoms with Crippen LogP contribution < -0.4 is 5.32 Å². The van der Waals surface area contributed by atoms with E-state index in [1.54, 1.807) is 18.2 Å². The van der Waals surface area contributed by atoms with Crippen molar-refractivity contribution in [2.24, 2.45) is 0 Å². The lowest BCUT2D eigenvalue weighted by atomic mass is 10.00. The molecule has 3 N–H and O–H groups in total. The Labute approximate surface area is 192 Å². The molecule has 0 fully saturated rings. The standard InChI is InChI=1S/C27H28F2N2O2/c1-2-18-4-3-5-19(10-18)16-30-17-27(33)26(13-20-11-22(28)15-23(29)12-20)31-9-8-21-14-24(32)6-7-25(21)31/h3-12,14-15,26-27,30,32-33H,2,13,16-17H2,1H3/t26-,27+/m0/s1. The van der Waals surface area contributed by atoms with Crippen molar-refractivity contribution in [3.05, 3.63) is 101 Å². The summed E-state index contributed by atoms with van der Waals surface area (Å²) in [5.74, 6) is -1.13. The highest BCUT2D eigenvalue weighted by molar-refractivity contribution is 5.81. The van der Waals surface area contributed by atoms with Gasteiger partial charge in [0, 0.05) is 36.3 Å². The van der Waals surface area contributed by atoms with Crippen molar-refractivity contribution in [3.63, 3.8) is 0 Å². The summed E-state index contributed by atoms with van der Waals surface area (Å²) >= 11 is 0. The van der Waals surface area contributed by atoms with Gasteiger partial charge in [0.15, 0.2) is 0 Å². The Kier molecular flexibility index (Phi) is 7.06. The highest BCUT2D eigenvalue weighted by Gasteiger charge is 2.23. The molecule has 0 aliphatic rings. The summed E-state index contributed by atoms with van der Waals surface area (Å²) in [4.78, 5) is 0. The van der Waals surface area contributed by atoms with Gasteiger partial charge in [-0.25, -0.2) is 8.78 Å². The summed E-state index contributed by atoms with van der Waals surface area (Å²) < 4.78 is 29.5. The van der Waals surface area contributed by atoms with Crippen LogP contribution in [0.4, 0.5) is 8.78 Å². The van der Waals surface area contributed by atoms with Crippen LogP contribution in [0.25, 0.3) is 10.9 Å². The fourth-order valence-electron chi connectivity index (χ4n) is 4.29. The zero-order valence-electron chi connectivity index (χ0n) is 18.5. The Hall–Kier alpha value is -3.22. The molecule has 0 aliphatic heterocycles. The Balaban J connectivity index is 1.57. The van der Waals surface area contributed by atoms with Gasteiger partial charge in [-0.3, -0.25) is 0 Å². The Morgan fingerprint density at radius 2 is 1.67 bits per heavy atom. The number of nitrogens with zero attached hydrogens (tertiary/aromatic N) is 1. The Bertz CT molecular complexity index is 1220. The number of fused-ring (bicyclic) bond motifs is 1. The van der Waals surface area contributed by atoms with Crippen molar-refractivity contribution >= 4 is 10.9 Å². The number of aliphatic hydroxyl groups is 1. The van der Waals surface area contributed by atoms with E-state index in [4.69, 9.17) is 0 Å². The van der Waals surface area contributed by atoms with E-state index < -0.39 is 23.8 Å². The molecular weight excluding hydrogens is 422 g/mol. The predicted molar refractivity (Wildman–Crippen MR) is 126 cm³/mol. The molecule has 0 radical (unpaired) electrons. The van der Waals surface area contributed by atoms with Crippen molar-refractivity contribution in [1.29, 1.82) is 0 Å². The number of aromatic hydroxyl groups is 1. The summed E-state index contributed by atoms with van der Waals surface area (Å²) in [6, 6.07) is 18.1. The molecule has 6 heteroatoms. The molecule has 4 rings (SSSR count). The fraction of sp³-hybridized carbons (Fsp3) is 0.259. The molecule has 4 nitrogen and oxygen atoms in total. The number of nitrogens with one attached hydrogen (secondary N) is 1. The molecule has 33 heavy (non-hydrogen) atoms. The molecule has 0 amide bonds. The quantitative estimate of drug-likeness (QED) is 0.332. The van der Waals surface area contributed by atoms with Gasteiger partial charge in [0.25, 0.3) is 0 Å². The van der Waals surface area contributed by atoms with Gasteiger partial charge in [-0.05, 0) is 65.9 Å². The second kappa shape index (κ2) is 10.1. The third-order valence-corrected chi connectivity index (χ3v) is 5.95. The summed E-state index contributed by atoms with van der Waals surface area (Å²) in [5.41, 5.74) is 3.67. The Morgan fingerprint density at radius 1 is 0.909 bits per heavy atom. The van der Waals surface area contributed by atoms with E-state index in [0.29, 0.717) is 18.7 Å². The molecule has 2 atom stereocenters. The number of halogens is 2. The SMILES string of the molecule is CCc1cccc(CNC[C@@H](O)[C@H](Cc2cc(F)cc(F)c2)n2ccc3cc(O)ccc32)c1. The number of hydrogen-bond acceptors (Lipinski definition) is 3. The first-order valence-electron chi connectivity index (χ1n) is 11.1. The van der Waals surface area contributed by atoms with E-state index in [1.165, 1.54) is 17.7 Å². The number of aromatic nitrogens is 1. The van der Waals surface area contributed by atoms with Crippen LogP contribution >= 0.6 is 0 Å². The van der Waals surface area contributed by atoms with Gasteiger partial charge in [0.2, 0.25) is 0 Å². The molecule has 172 valence electrons. The molecule has 0 unspecified atom stereocenters. The third kappa shape index (κ3) is 5.59. The monoisotopic (exact) mass is 450 g/mol. The maximum absolute atomic E-state index is 13.8. The van der Waals surface area contributed by atoms with Gasteiger partial charge < -0.3 is 20.1 Å². The lowest BCUT2D eigenvalue weighted by Crippen LogP contribution is -2.35. The number of aliphatic hydroxyl groups excluding tert-OH is 1. The van der Waals surface area contributed by atoms with Crippen LogP contribution in [0.3, 0.4) is 0 Å². The summed E-state index contributed by atoms with van der Waals surface area (Å²) in [6.45, 7) is 3.01. The van der Waals surface area contributed by atoms with E-state index >= 15 is 0 Å². The second-order valence-corrected chi connectivity index (χ2v) is 8.39. The molecule has 4 aromatic rings. The van der Waals surface area contributed by atoms with Crippen LogP contribution in [0.5, 0.6) is 5.75 Å². The van der Waals surface area contributed by atoms with E-state index in [9.17, 15) is 19.0 Å². The summed E-state index contributed by atoms with van der Waals surface area (Å²) in [7, 11) is 0. The van der Waals surface area contributed by atoms with Crippen molar-refractivity contribution < 1.29 is 19.0 Å². The van der Waals surface area contributed by atoms with E-state index in [0.717, 1.165) is 29.0 Å². The first-order chi connectivity index (χ1) is 15.9. The molecule has 0 saturated carbocycles. The Morgan fingerprint density at radius 3 is 2.42 bits per heavy atom. The molecule has 0 spiro atoms. The van der Waals surface area contributed by atoms with Crippen LogP contribution in [0, 0.1) is 11.6 Å². The highest BCUT2D eigenvalue weighted by Crippen LogP contribution is 2.28. The zero-order chi connectivity index (χ0) is 23.4. The average Bonchev–Trinajstić information content (AvgIpc) is 3.19. The van der Waals surface area contributed by atoms with Gasteiger partial charge >= 0.3 is 0 Å². The molecular formula is C27H28F2N2O2. The first kappa shape index (κ1) is 23.0. The fourth-order valence-corrected chi connectivity index (χ4v) is 4.29. The van der Waals surface area contributed by atoms with Crippen molar-refractivity contribution in [2.75, 3.05) is 6.54 Å². The molecule has 0 aliphatic carbocycles. The van der Waals surface area contributed by atoms with E-state index in [2.05, 4.69) is 24.4 Å². The van der Waals surface area contributed by atoms with Gasteiger partial charge in [0.05, 0.1) is 12.1 Å². The number of phenolic OH excluding ortho intramolecular Hbond substituents is 1. The second-order valence-electron chi connectivity index (χ2n) is 8.39. The van der Waals surface area contributed by atoms with Crippen LogP contribution in [-0.4, -0.2) is 27.4 Å². The topological polar surface area (TPSA) is 57.4 Å². The summed E-state index contributed by atoms with van der Waals surface area (Å²) in [6.07, 6.45) is 2.21. The molecule has 1 heterocycles. The maximum Gasteiger partial charge on any atom is 0.126 e. The van der Waals surface area contributed by atoms with Crippen molar-refractivity contribution in [1.82, 2.24) is 9.88 Å². The minimum atomic E-state index is -0.824. The predicted octanol–water partition coefficient (Wildman–Crippen LogP) is 5.12. The van der Waals surface area contributed by atoms with Crippen LogP contribution in [-0.2, 0) is 19.4 Å². The van der Waals surface area contributed by atoms with Crippen LogP contribution in [0.2, 0.25) is 0 Å². The van der Waals surface area contributed by atoms with Crippen LogP contribution in [0.1, 0.15) is 29.7 Å². The number of hydrogen-bond donors (Lipinski definition) is 3. The van der Waals surface area contributed by atoms with Crippen LogP contribution in [0.15, 0.2) is 72.9 Å². The largest absolute Gasteiger partial charge is 0.508 e. The van der Waals surface area contributed by atoms with Crippen molar-refractivity contribution in [2.45, 2.75) is 38.5 Å². The molecule has 0 bridgehead atoms. The van der Waals surface area contributed by atoms with E-state index in [1.807, 2.05) is 29.0 Å². The van der Waals surface area contributed by atoms with E-state index in [-0.39, 0.29) is 12.2 Å². The number of phenols is 1. The van der Waals surface area contributed by atoms with Gasteiger partial charge in [-0.15, -0.1) is 0 Å². The zero-order valence-corrected chi connectivity index (χ0v) is 18.5. The van der Waals surface area contributed by atoms with Gasteiger partial charge in [0.1, 0.15) is 17.4 Å². The molecule has 1 aromatic heterocycles. The number of rotatable bonds is 9. The molecule has 0 saturated heterocycles. The minimum Gasteiger partial charge on any atom is -0.508 e. The lowest BCUT2D eigenvalue weighted by molar-refractivity contribution is 0.112. The normalized spacial score (nSPS) is 13.3. The maximum atomic E-state index is 13.8. The van der Waals surface area contributed by atoms with Gasteiger partial charge in [-0.1, -0.05) is 31.2 Å². The highest BCUT2D eigenvalue weighted by atomic mass is 19.1. The number of aryl methyl sites for hydroxylation is 1.